The summed E-state index contributed by atoms with van der Waals surface area (Å²) in [6, 6.07) is 0. The number of hydrogen-bond donors (Lipinski definition) is 1. The van der Waals surface area contributed by atoms with E-state index in [1.165, 1.54) is 0 Å². The second-order valence-electron chi connectivity index (χ2n) is 2.34. The normalized spacial score (nSPS) is 11.5. The van der Waals surface area contributed by atoms with Crippen LogP contribution in [-0.2, 0) is 14.3 Å². The van der Waals surface area contributed by atoms with E-state index in [1.54, 1.807) is 6.92 Å². The molecular formula is C8H8Cl3NO3. The first-order valence-electron chi connectivity index (χ1n) is 3.87. The van der Waals surface area contributed by atoms with E-state index in [9.17, 15) is 9.59 Å². The monoisotopic (exact) mass is 271 g/mol. The molecule has 0 aromatic heterocycles. The van der Waals surface area contributed by atoms with Crippen LogP contribution in [0.15, 0.2) is 9.52 Å². The molecule has 0 aliphatic heterocycles. The number of carbonyl (C=O) groups is 2. The van der Waals surface area contributed by atoms with E-state index in [1.807, 2.05) is 0 Å². The van der Waals surface area contributed by atoms with E-state index in [2.05, 4.69) is 4.74 Å². The van der Waals surface area contributed by atoms with Crippen molar-refractivity contribution in [1.29, 1.82) is 5.41 Å². The minimum atomic E-state index is -1.40. The summed E-state index contributed by atoms with van der Waals surface area (Å²) < 4.78 is 4.12. The Labute approximate surface area is 102 Å². The van der Waals surface area contributed by atoms with Crippen molar-refractivity contribution in [2.45, 2.75) is 6.92 Å². The first kappa shape index (κ1) is 14.4. The summed E-state index contributed by atoms with van der Waals surface area (Å²) in [5.74, 6) is -3.11. The zero-order chi connectivity index (χ0) is 12.0. The van der Waals surface area contributed by atoms with E-state index in [0.717, 1.165) is 0 Å². The summed E-state index contributed by atoms with van der Waals surface area (Å²) in [5, 5.41) is 6.43. The van der Waals surface area contributed by atoms with Gasteiger partial charge in [0.05, 0.1) is 6.61 Å². The molecule has 0 aliphatic rings. The van der Waals surface area contributed by atoms with Gasteiger partial charge < -0.3 is 10.1 Å². The second kappa shape index (κ2) is 6.82. The Morgan fingerprint density at radius 2 is 1.93 bits per heavy atom. The summed E-state index contributed by atoms with van der Waals surface area (Å²) in [6.45, 7) is 1.68. The molecule has 0 heterocycles. The predicted molar refractivity (Wildman–Crippen MR) is 58.5 cm³/mol. The Morgan fingerprint density at radius 1 is 1.40 bits per heavy atom. The first-order valence-corrected chi connectivity index (χ1v) is 5.01. The lowest BCUT2D eigenvalue weighted by Gasteiger charge is -2.08. The minimum absolute atomic E-state index is 0.104. The molecule has 1 unspecified atom stereocenters. The summed E-state index contributed by atoms with van der Waals surface area (Å²) in [6.07, 6.45) is 0.624. The van der Waals surface area contributed by atoms with Crippen LogP contribution in [0.1, 0.15) is 6.92 Å². The van der Waals surface area contributed by atoms with Gasteiger partial charge in [0.15, 0.2) is 11.7 Å². The van der Waals surface area contributed by atoms with E-state index in [4.69, 9.17) is 40.2 Å². The van der Waals surface area contributed by atoms with Gasteiger partial charge in [-0.3, -0.25) is 9.59 Å². The Morgan fingerprint density at radius 3 is 2.27 bits per heavy atom. The van der Waals surface area contributed by atoms with Crippen LogP contribution in [0.3, 0.4) is 0 Å². The summed E-state index contributed by atoms with van der Waals surface area (Å²) >= 11 is 16.0. The van der Waals surface area contributed by atoms with E-state index in [-0.39, 0.29) is 6.61 Å². The lowest BCUT2D eigenvalue weighted by Crippen LogP contribution is -2.27. The van der Waals surface area contributed by atoms with Gasteiger partial charge in [0.25, 0.3) is 0 Å². The topological polar surface area (TPSA) is 67.2 Å². The van der Waals surface area contributed by atoms with Crippen molar-refractivity contribution in [1.82, 2.24) is 0 Å². The highest BCUT2D eigenvalue weighted by atomic mass is 35.5. The van der Waals surface area contributed by atoms with Crippen molar-refractivity contribution >= 4 is 52.8 Å². The third-order valence-corrected chi connectivity index (χ3v) is 2.32. The number of nitrogens with one attached hydrogen (secondary N) is 1. The lowest BCUT2D eigenvalue weighted by molar-refractivity contribution is -0.147. The molecule has 15 heavy (non-hydrogen) atoms. The Bertz CT molecular complexity index is 310. The molecule has 0 saturated carbocycles. The van der Waals surface area contributed by atoms with E-state index >= 15 is 0 Å². The molecule has 0 rings (SSSR count). The zero-order valence-electron chi connectivity index (χ0n) is 7.72. The van der Waals surface area contributed by atoms with Gasteiger partial charge in [-0.15, -0.1) is 0 Å². The average Bonchev–Trinajstić information content (AvgIpc) is 2.17. The molecule has 7 heteroatoms. The maximum atomic E-state index is 11.4. The zero-order valence-corrected chi connectivity index (χ0v) is 9.99. The Hall–Kier alpha value is -0.580. The fraction of sp³-hybridized carbons (Fsp3) is 0.375. The molecule has 0 radical (unpaired) electrons. The molecule has 0 aliphatic carbocycles. The maximum Gasteiger partial charge on any atom is 0.322 e. The molecule has 84 valence electrons. The minimum Gasteiger partial charge on any atom is -0.465 e. The van der Waals surface area contributed by atoms with Crippen LogP contribution in [0.4, 0.5) is 0 Å². The second-order valence-corrected chi connectivity index (χ2v) is 3.66. The third kappa shape index (κ3) is 4.20. The number of halogens is 3. The van der Waals surface area contributed by atoms with Gasteiger partial charge in [-0.05, 0) is 6.92 Å². The van der Waals surface area contributed by atoms with Crippen molar-refractivity contribution in [2.75, 3.05) is 6.61 Å². The molecule has 0 aromatic rings. The fourth-order valence-electron chi connectivity index (χ4n) is 0.712. The van der Waals surface area contributed by atoms with Crippen LogP contribution in [0.2, 0.25) is 0 Å². The number of Topliss-reactive ketones (excluding diaryl/α,β-unsaturated/α-hetero) is 1. The van der Waals surface area contributed by atoms with Crippen molar-refractivity contribution in [3.05, 3.63) is 9.52 Å². The highest BCUT2D eigenvalue weighted by molar-refractivity contribution is 6.63. The smallest absolute Gasteiger partial charge is 0.322 e. The van der Waals surface area contributed by atoms with Crippen molar-refractivity contribution in [3.8, 4) is 0 Å². The van der Waals surface area contributed by atoms with Gasteiger partial charge in [0.1, 0.15) is 9.52 Å². The molecule has 0 amide bonds. The number of ether oxygens (including phenoxy) is 1. The van der Waals surface area contributed by atoms with Gasteiger partial charge in [-0.25, -0.2) is 0 Å². The highest BCUT2D eigenvalue weighted by Crippen LogP contribution is 2.21. The van der Waals surface area contributed by atoms with Crippen LogP contribution in [0.25, 0.3) is 0 Å². The molecule has 1 atom stereocenters. The van der Waals surface area contributed by atoms with Crippen LogP contribution >= 0.6 is 34.8 Å². The maximum absolute atomic E-state index is 11.4. The van der Waals surface area contributed by atoms with Crippen molar-refractivity contribution in [2.24, 2.45) is 5.92 Å². The molecule has 0 aromatic carbocycles. The van der Waals surface area contributed by atoms with E-state index < -0.39 is 27.2 Å². The highest BCUT2D eigenvalue weighted by Gasteiger charge is 2.29. The van der Waals surface area contributed by atoms with Crippen LogP contribution < -0.4 is 0 Å². The third-order valence-electron chi connectivity index (χ3n) is 1.37. The number of hydrogen-bond acceptors (Lipinski definition) is 4. The van der Waals surface area contributed by atoms with Crippen molar-refractivity contribution in [3.63, 3.8) is 0 Å². The molecule has 0 bridgehead atoms. The quantitative estimate of drug-likeness (QED) is 0.361. The van der Waals surface area contributed by atoms with Gasteiger partial charge >= 0.3 is 5.97 Å². The van der Waals surface area contributed by atoms with Crippen LogP contribution in [0, 0.1) is 11.3 Å². The first-order chi connectivity index (χ1) is 6.95. The van der Waals surface area contributed by atoms with Gasteiger partial charge in [-0.2, -0.15) is 0 Å². The van der Waals surface area contributed by atoms with Crippen molar-refractivity contribution < 1.29 is 14.3 Å². The SMILES string of the molecule is CCOC(=O)C(C=N)C(=O)C(Cl)=C(Cl)Cl. The lowest BCUT2D eigenvalue weighted by atomic mass is 10.1. The van der Waals surface area contributed by atoms with E-state index in [0.29, 0.717) is 6.21 Å². The largest absolute Gasteiger partial charge is 0.465 e. The van der Waals surface area contributed by atoms with Crippen LogP contribution in [0.5, 0.6) is 0 Å². The number of esters is 1. The van der Waals surface area contributed by atoms with Gasteiger partial charge in [0.2, 0.25) is 0 Å². The Kier molecular flexibility index (Phi) is 6.56. The number of ketones is 1. The summed E-state index contributed by atoms with van der Waals surface area (Å²) in [7, 11) is 0. The molecule has 0 saturated heterocycles. The van der Waals surface area contributed by atoms with Crippen LogP contribution in [-0.4, -0.2) is 24.6 Å². The Balaban J connectivity index is 4.85. The average molecular weight is 273 g/mol. The number of carbonyl (C=O) groups excluding carboxylic acids is 2. The molecular weight excluding hydrogens is 264 g/mol. The standard InChI is InChI=1S/C8H8Cl3NO3/c1-2-15-8(14)4(3-12)6(13)5(9)7(10)11/h3-4,12H,2H2,1H3. The molecule has 1 N–H and O–H groups in total. The number of rotatable bonds is 5. The summed E-state index contributed by atoms with van der Waals surface area (Å²) in [4.78, 5) is 22.6. The molecule has 4 nitrogen and oxygen atoms in total. The predicted octanol–water partition coefficient (Wildman–Crippen LogP) is 2.27. The number of allylic oxidation sites excluding steroid dienone is 1. The molecule has 0 spiro atoms. The summed E-state index contributed by atoms with van der Waals surface area (Å²) in [5.41, 5.74) is 0. The van der Waals surface area contributed by atoms with Gasteiger partial charge in [0, 0.05) is 6.21 Å². The fourth-order valence-corrected chi connectivity index (χ4v) is 1.02. The van der Waals surface area contributed by atoms with Gasteiger partial charge in [-0.1, -0.05) is 34.8 Å². The molecule has 0 fully saturated rings.